The van der Waals surface area contributed by atoms with Crippen LogP contribution < -0.4 is 5.56 Å². The lowest BCUT2D eigenvalue weighted by molar-refractivity contribution is 0.0603. The largest absolute Gasteiger partial charge is 0.383 e. The van der Waals surface area contributed by atoms with Gasteiger partial charge in [0, 0.05) is 30.8 Å². The van der Waals surface area contributed by atoms with Crippen molar-refractivity contribution in [2.45, 2.75) is 39.8 Å². The normalized spacial score (nSPS) is 12.2. The Morgan fingerprint density at radius 3 is 2.52 bits per heavy atom. The number of aromatic nitrogens is 2. The Hall–Kier alpha value is -2.70. The summed E-state index contributed by atoms with van der Waals surface area (Å²) in [6.45, 7) is 7.05. The topological polar surface area (TPSA) is 64.4 Å². The van der Waals surface area contributed by atoms with Crippen molar-refractivity contribution >= 4 is 28.4 Å². The van der Waals surface area contributed by atoms with Crippen LogP contribution in [-0.4, -0.2) is 40.6 Å². The molecule has 6 nitrogen and oxygen atoms in total. The molecular weight excluding hydrogens is 414 g/mol. The van der Waals surface area contributed by atoms with Crippen molar-refractivity contribution in [2.75, 3.05) is 20.3 Å². The van der Waals surface area contributed by atoms with E-state index in [1.165, 1.54) is 5.56 Å². The molecule has 3 rings (SSSR count). The lowest BCUT2D eigenvalue weighted by Gasteiger charge is -2.30. The van der Waals surface area contributed by atoms with Crippen LogP contribution in [0, 0.1) is 0 Å². The first-order valence-electron chi connectivity index (χ1n) is 10.5. The molecule has 164 valence electrons. The summed E-state index contributed by atoms with van der Waals surface area (Å²) in [6, 6.07) is 12.2. The zero-order chi connectivity index (χ0) is 22.5. The van der Waals surface area contributed by atoms with Crippen molar-refractivity contribution in [3.63, 3.8) is 0 Å². The summed E-state index contributed by atoms with van der Waals surface area (Å²) in [5, 5.41) is 1.02. The Morgan fingerprint density at radius 1 is 1.19 bits per heavy atom. The van der Waals surface area contributed by atoms with E-state index in [4.69, 9.17) is 21.3 Å². The van der Waals surface area contributed by atoms with Gasteiger partial charge in [0.05, 0.1) is 23.6 Å². The molecule has 0 fully saturated rings. The van der Waals surface area contributed by atoms with Crippen LogP contribution in [0.25, 0.3) is 10.9 Å². The van der Waals surface area contributed by atoms with Crippen LogP contribution in [0.15, 0.2) is 47.3 Å². The third-order valence-corrected chi connectivity index (χ3v) is 5.75. The average molecular weight is 442 g/mol. The van der Waals surface area contributed by atoms with E-state index >= 15 is 0 Å². The molecule has 7 heteroatoms. The number of hydrogen-bond donors (Lipinski definition) is 0. The number of fused-ring (bicyclic) bond motifs is 1. The summed E-state index contributed by atoms with van der Waals surface area (Å²) in [7, 11) is 1.60. The number of methoxy groups -OCH3 is 1. The second-order valence-electron chi connectivity index (χ2n) is 7.40. The van der Waals surface area contributed by atoms with E-state index in [0.29, 0.717) is 47.0 Å². The molecule has 1 unspecified atom stereocenters. The molecular formula is C24H28ClN3O3. The quantitative estimate of drug-likeness (QED) is 0.517. The van der Waals surface area contributed by atoms with Crippen LogP contribution in [0.3, 0.4) is 0 Å². The minimum absolute atomic E-state index is 0.129. The Bertz CT molecular complexity index is 1130. The highest BCUT2D eigenvalue weighted by atomic mass is 35.5. The van der Waals surface area contributed by atoms with E-state index in [0.717, 1.165) is 6.42 Å². The molecule has 3 aromatic rings. The van der Waals surface area contributed by atoms with Crippen molar-refractivity contribution in [1.82, 2.24) is 14.5 Å². The minimum Gasteiger partial charge on any atom is -0.383 e. The summed E-state index contributed by atoms with van der Waals surface area (Å²) in [5.41, 5.74) is 2.14. The lowest BCUT2D eigenvalue weighted by Crippen LogP contribution is -2.39. The van der Waals surface area contributed by atoms with Crippen molar-refractivity contribution in [2.24, 2.45) is 0 Å². The van der Waals surface area contributed by atoms with Crippen molar-refractivity contribution in [1.29, 1.82) is 0 Å². The molecule has 0 bridgehead atoms. The van der Waals surface area contributed by atoms with Crippen molar-refractivity contribution in [3.8, 4) is 0 Å². The number of carbonyl (C=O) groups is 1. The van der Waals surface area contributed by atoms with Gasteiger partial charge in [-0.1, -0.05) is 30.7 Å². The monoisotopic (exact) mass is 441 g/mol. The van der Waals surface area contributed by atoms with Gasteiger partial charge in [-0.2, -0.15) is 0 Å². The van der Waals surface area contributed by atoms with Gasteiger partial charge >= 0.3 is 0 Å². The number of carbonyl (C=O) groups excluding carboxylic acids is 1. The van der Waals surface area contributed by atoms with E-state index < -0.39 is 6.04 Å². The van der Waals surface area contributed by atoms with Gasteiger partial charge in [-0.25, -0.2) is 4.98 Å². The molecule has 0 aliphatic carbocycles. The summed E-state index contributed by atoms with van der Waals surface area (Å²) in [5.74, 6) is 0.396. The molecule has 0 aliphatic rings. The molecule has 0 radical (unpaired) electrons. The van der Waals surface area contributed by atoms with E-state index in [-0.39, 0.29) is 11.5 Å². The zero-order valence-electron chi connectivity index (χ0n) is 18.4. The first-order valence-corrected chi connectivity index (χ1v) is 10.9. The summed E-state index contributed by atoms with van der Waals surface area (Å²) in [4.78, 5) is 32.9. The molecule has 1 atom stereocenters. The van der Waals surface area contributed by atoms with Gasteiger partial charge in [0.2, 0.25) is 0 Å². The Kier molecular flexibility index (Phi) is 7.46. The molecule has 1 heterocycles. The second kappa shape index (κ2) is 10.1. The summed E-state index contributed by atoms with van der Waals surface area (Å²) >= 11 is 6.13. The van der Waals surface area contributed by atoms with Gasteiger partial charge in [0.25, 0.3) is 11.5 Å². The maximum atomic E-state index is 13.4. The predicted molar refractivity (Wildman–Crippen MR) is 124 cm³/mol. The first kappa shape index (κ1) is 23.0. The number of hydrogen-bond acceptors (Lipinski definition) is 4. The maximum absolute atomic E-state index is 13.4. The molecule has 0 saturated carbocycles. The third-order valence-electron chi connectivity index (χ3n) is 5.51. The van der Waals surface area contributed by atoms with Crippen molar-refractivity contribution < 1.29 is 9.53 Å². The fourth-order valence-electron chi connectivity index (χ4n) is 3.68. The van der Waals surface area contributed by atoms with Gasteiger partial charge in [-0.05, 0) is 56.2 Å². The van der Waals surface area contributed by atoms with E-state index in [2.05, 4.69) is 6.92 Å². The average Bonchev–Trinajstić information content (AvgIpc) is 2.78. The highest BCUT2D eigenvalue weighted by molar-refractivity contribution is 6.31. The first-order chi connectivity index (χ1) is 14.9. The Balaban J connectivity index is 2.08. The second-order valence-corrected chi connectivity index (χ2v) is 7.84. The third kappa shape index (κ3) is 4.81. The number of amides is 1. The zero-order valence-corrected chi connectivity index (χ0v) is 19.1. The SMILES string of the molecule is CCc1ccc(C(=O)N(CCOC)C(C)c2nc3cc(Cl)ccc3c(=O)n2CC)cc1. The molecule has 1 aromatic heterocycles. The maximum Gasteiger partial charge on any atom is 0.261 e. The molecule has 31 heavy (non-hydrogen) atoms. The van der Waals surface area contributed by atoms with Crippen LogP contribution in [0.2, 0.25) is 5.02 Å². The Morgan fingerprint density at radius 2 is 1.90 bits per heavy atom. The number of rotatable bonds is 8. The highest BCUT2D eigenvalue weighted by Crippen LogP contribution is 2.23. The van der Waals surface area contributed by atoms with Crippen LogP contribution in [0.1, 0.15) is 48.6 Å². The fourth-order valence-corrected chi connectivity index (χ4v) is 3.85. The minimum atomic E-state index is -0.440. The van der Waals surface area contributed by atoms with Gasteiger partial charge < -0.3 is 9.64 Å². The van der Waals surface area contributed by atoms with E-state index in [1.807, 2.05) is 38.1 Å². The standard InChI is InChI=1S/C24H28ClN3O3/c1-5-17-7-9-18(10-8-17)23(29)28(13-14-31-4)16(3)22-26-21-15-19(25)11-12-20(21)24(30)27(22)6-2/h7-12,15-16H,5-6,13-14H2,1-4H3. The van der Waals surface area contributed by atoms with Gasteiger partial charge in [0.1, 0.15) is 5.82 Å². The predicted octanol–water partition coefficient (Wildman–Crippen LogP) is 4.48. The number of ether oxygens (including phenoxy) is 1. The molecule has 0 spiro atoms. The lowest BCUT2D eigenvalue weighted by atomic mass is 10.1. The number of benzene rings is 2. The van der Waals surface area contributed by atoms with E-state index in [1.54, 1.807) is 34.8 Å². The molecule has 1 amide bonds. The molecule has 0 aliphatic heterocycles. The molecule has 0 saturated heterocycles. The van der Waals surface area contributed by atoms with Crippen molar-refractivity contribution in [3.05, 3.63) is 74.8 Å². The molecule has 2 aromatic carbocycles. The number of nitrogens with zero attached hydrogens (tertiary/aromatic N) is 3. The van der Waals surface area contributed by atoms with Gasteiger partial charge in [-0.15, -0.1) is 0 Å². The highest BCUT2D eigenvalue weighted by Gasteiger charge is 2.26. The van der Waals surface area contributed by atoms with Crippen LogP contribution in [0.4, 0.5) is 0 Å². The van der Waals surface area contributed by atoms with Crippen LogP contribution in [0.5, 0.6) is 0 Å². The summed E-state index contributed by atoms with van der Waals surface area (Å²) in [6.07, 6.45) is 0.907. The van der Waals surface area contributed by atoms with Gasteiger partial charge in [-0.3, -0.25) is 14.2 Å². The van der Waals surface area contributed by atoms with Crippen LogP contribution >= 0.6 is 11.6 Å². The summed E-state index contributed by atoms with van der Waals surface area (Å²) < 4.78 is 6.87. The number of aryl methyl sites for hydroxylation is 1. The molecule has 0 N–H and O–H groups in total. The number of halogens is 1. The van der Waals surface area contributed by atoms with E-state index in [9.17, 15) is 9.59 Å². The fraction of sp³-hybridized carbons (Fsp3) is 0.375. The Labute approximate surface area is 187 Å². The van der Waals surface area contributed by atoms with Gasteiger partial charge in [0.15, 0.2) is 0 Å². The van der Waals surface area contributed by atoms with Crippen LogP contribution in [-0.2, 0) is 17.7 Å². The smallest absolute Gasteiger partial charge is 0.261 e.